The fourth-order valence-electron chi connectivity index (χ4n) is 3.42. The maximum absolute atomic E-state index is 13.9. The molecule has 1 aromatic carbocycles. The number of amides is 1. The number of halogens is 4. The molecule has 1 aromatic heterocycles. The molecule has 11 heteroatoms. The number of nitrogens with one attached hydrogen (secondary N) is 2. The van der Waals surface area contributed by atoms with Crippen LogP contribution in [0.3, 0.4) is 0 Å². The zero-order valence-corrected chi connectivity index (χ0v) is 18.5. The summed E-state index contributed by atoms with van der Waals surface area (Å²) in [5.74, 6) is 0.137. The van der Waals surface area contributed by atoms with Crippen LogP contribution in [-0.2, 0) is 0 Å². The number of hydrogen-bond acceptors (Lipinski definition) is 5. The molecular weight excluding hydrogens is 437 g/mol. The summed E-state index contributed by atoms with van der Waals surface area (Å²) in [6.45, 7) is 5.25. The molecule has 2 aromatic rings. The number of carbonyl (C=O) groups is 1. The number of benzene rings is 1. The minimum absolute atomic E-state index is 0.0610. The van der Waals surface area contributed by atoms with Crippen LogP contribution >= 0.6 is 11.6 Å². The number of ether oxygens (including phenoxy) is 2. The molecule has 31 heavy (non-hydrogen) atoms. The first-order valence-corrected chi connectivity index (χ1v) is 9.89. The Labute approximate surface area is 182 Å². The smallest absolute Gasteiger partial charge is 0.410 e. The second kappa shape index (κ2) is 8.14. The van der Waals surface area contributed by atoms with Gasteiger partial charge in [0.2, 0.25) is 0 Å². The number of alkyl halides is 3. The Morgan fingerprint density at radius 3 is 2.42 bits per heavy atom. The first kappa shape index (κ1) is 23.1. The van der Waals surface area contributed by atoms with E-state index < -0.39 is 29.7 Å². The van der Waals surface area contributed by atoms with Gasteiger partial charge in [-0.25, -0.2) is 4.68 Å². The Kier molecular flexibility index (Phi) is 6.05. The fourth-order valence-corrected chi connectivity index (χ4v) is 3.69. The molecule has 0 aliphatic carbocycles. The maximum atomic E-state index is 13.9. The minimum Gasteiger partial charge on any atom is -0.493 e. The van der Waals surface area contributed by atoms with Gasteiger partial charge in [0.05, 0.1) is 20.3 Å². The molecule has 1 aliphatic rings. The lowest BCUT2D eigenvalue weighted by Gasteiger charge is -2.33. The van der Waals surface area contributed by atoms with Gasteiger partial charge in [-0.1, -0.05) is 17.7 Å². The molecule has 0 saturated heterocycles. The van der Waals surface area contributed by atoms with Crippen molar-refractivity contribution in [2.45, 2.75) is 51.0 Å². The van der Waals surface area contributed by atoms with Gasteiger partial charge in [-0.3, -0.25) is 4.79 Å². The van der Waals surface area contributed by atoms with Crippen molar-refractivity contribution in [1.82, 2.24) is 15.1 Å². The summed E-state index contributed by atoms with van der Waals surface area (Å²) in [6.07, 6.45) is -4.94. The van der Waals surface area contributed by atoms with Crippen molar-refractivity contribution in [1.29, 1.82) is 0 Å². The van der Waals surface area contributed by atoms with Crippen LogP contribution in [0.1, 0.15) is 55.3 Å². The molecule has 3 rings (SSSR count). The van der Waals surface area contributed by atoms with Crippen LogP contribution in [0.4, 0.5) is 19.0 Å². The van der Waals surface area contributed by atoms with Crippen LogP contribution in [0.25, 0.3) is 0 Å². The summed E-state index contributed by atoms with van der Waals surface area (Å²) >= 11 is 6.32. The van der Waals surface area contributed by atoms with Crippen molar-refractivity contribution in [3.05, 3.63) is 34.5 Å². The Morgan fingerprint density at radius 1 is 1.23 bits per heavy atom. The maximum Gasteiger partial charge on any atom is 0.410 e. The number of fused-ring (bicyclic) bond motifs is 1. The third-order valence-corrected chi connectivity index (χ3v) is 5.17. The van der Waals surface area contributed by atoms with E-state index in [0.717, 1.165) is 4.68 Å². The molecule has 170 valence electrons. The van der Waals surface area contributed by atoms with Gasteiger partial charge in [0, 0.05) is 12.0 Å². The van der Waals surface area contributed by atoms with E-state index >= 15 is 0 Å². The molecule has 1 aliphatic heterocycles. The molecule has 2 unspecified atom stereocenters. The van der Waals surface area contributed by atoms with Gasteiger partial charge in [0.25, 0.3) is 5.91 Å². The number of hydrogen-bond donors (Lipinski definition) is 2. The van der Waals surface area contributed by atoms with E-state index in [0.29, 0.717) is 17.1 Å². The van der Waals surface area contributed by atoms with Crippen molar-refractivity contribution in [2.24, 2.45) is 0 Å². The Bertz CT molecular complexity index is 985. The molecule has 0 bridgehead atoms. The van der Waals surface area contributed by atoms with E-state index in [-0.39, 0.29) is 23.0 Å². The molecule has 2 heterocycles. The normalized spacial score (nSPS) is 18.7. The Balaban J connectivity index is 2.04. The van der Waals surface area contributed by atoms with E-state index in [1.165, 1.54) is 14.2 Å². The molecule has 7 nitrogen and oxygen atoms in total. The average molecular weight is 461 g/mol. The highest BCUT2D eigenvalue weighted by Crippen LogP contribution is 2.47. The predicted molar refractivity (Wildman–Crippen MR) is 110 cm³/mol. The van der Waals surface area contributed by atoms with Crippen LogP contribution < -0.4 is 20.1 Å². The van der Waals surface area contributed by atoms with Crippen LogP contribution in [0.15, 0.2) is 18.2 Å². The van der Waals surface area contributed by atoms with Gasteiger partial charge in [0.15, 0.2) is 23.2 Å². The molecular formula is C20H24ClF3N4O3. The average Bonchev–Trinajstić information content (AvgIpc) is 3.01. The van der Waals surface area contributed by atoms with Gasteiger partial charge in [0.1, 0.15) is 10.8 Å². The third kappa shape index (κ3) is 4.68. The van der Waals surface area contributed by atoms with E-state index in [1.54, 1.807) is 39.0 Å². The summed E-state index contributed by atoms with van der Waals surface area (Å²) in [4.78, 5) is 12.6. The third-order valence-electron chi connectivity index (χ3n) is 4.81. The summed E-state index contributed by atoms with van der Waals surface area (Å²) in [5, 5.41) is 9.43. The van der Waals surface area contributed by atoms with Crippen LogP contribution in [0.5, 0.6) is 11.5 Å². The van der Waals surface area contributed by atoms with Crippen molar-refractivity contribution in [3.8, 4) is 11.5 Å². The Hall–Kier alpha value is -2.62. The number of rotatable bonds is 4. The number of carbonyl (C=O) groups excluding carboxylic acids is 1. The molecule has 2 atom stereocenters. The largest absolute Gasteiger partial charge is 0.493 e. The molecule has 0 spiro atoms. The van der Waals surface area contributed by atoms with Crippen LogP contribution in [-0.4, -0.2) is 41.6 Å². The molecule has 0 fully saturated rings. The fraction of sp³-hybridized carbons (Fsp3) is 0.500. The lowest BCUT2D eigenvalue weighted by Crippen LogP contribution is -2.41. The minimum atomic E-state index is -4.60. The second-order valence-electron chi connectivity index (χ2n) is 8.26. The highest BCUT2D eigenvalue weighted by atomic mass is 35.5. The quantitative estimate of drug-likeness (QED) is 0.689. The monoisotopic (exact) mass is 460 g/mol. The first-order chi connectivity index (χ1) is 14.4. The van der Waals surface area contributed by atoms with E-state index in [4.69, 9.17) is 21.1 Å². The number of nitrogens with zero attached hydrogens (tertiary/aromatic N) is 2. The summed E-state index contributed by atoms with van der Waals surface area (Å²) in [5.41, 5.74) is -0.318. The summed E-state index contributed by atoms with van der Waals surface area (Å²) < 4.78 is 52.9. The highest BCUT2D eigenvalue weighted by Gasteiger charge is 2.48. The van der Waals surface area contributed by atoms with Crippen LogP contribution in [0, 0.1) is 0 Å². The molecule has 1 amide bonds. The van der Waals surface area contributed by atoms with E-state index in [2.05, 4.69) is 15.7 Å². The highest BCUT2D eigenvalue weighted by molar-refractivity contribution is 6.36. The number of methoxy groups -OCH3 is 2. The topological polar surface area (TPSA) is 77.4 Å². The zero-order valence-electron chi connectivity index (χ0n) is 17.7. The van der Waals surface area contributed by atoms with Crippen molar-refractivity contribution < 1.29 is 27.4 Å². The molecule has 0 saturated carbocycles. The van der Waals surface area contributed by atoms with Gasteiger partial charge in [-0.15, -0.1) is 0 Å². The van der Waals surface area contributed by atoms with Gasteiger partial charge >= 0.3 is 6.18 Å². The van der Waals surface area contributed by atoms with E-state index in [1.807, 2.05) is 0 Å². The summed E-state index contributed by atoms with van der Waals surface area (Å²) in [6, 6.07) is 2.17. The predicted octanol–water partition coefficient (Wildman–Crippen LogP) is 4.74. The van der Waals surface area contributed by atoms with Gasteiger partial charge < -0.3 is 20.1 Å². The lowest BCUT2D eigenvalue weighted by molar-refractivity contribution is -0.173. The Morgan fingerprint density at radius 2 is 1.87 bits per heavy atom. The second-order valence-corrected chi connectivity index (χ2v) is 8.64. The molecule has 0 radical (unpaired) electrons. The number of anilines is 1. The lowest BCUT2D eigenvalue weighted by atomic mass is 9.96. The summed E-state index contributed by atoms with van der Waals surface area (Å²) in [7, 11) is 2.92. The molecule has 2 N–H and O–H groups in total. The number of aromatic nitrogens is 2. The standard InChI is InChI=1S/C20H24ClF3N4O3/c1-19(2,3)26-18(29)16-15(21)17-25-11(9-14(20(22,23)24)28(17)27-16)10-6-7-12(30-4)13(8-10)31-5/h6-8,11,14,25H,9H2,1-5H3,(H,26,29). The van der Waals surface area contributed by atoms with Crippen molar-refractivity contribution in [3.63, 3.8) is 0 Å². The van der Waals surface area contributed by atoms with Gasteiger partial charge in [-0.2, -0.15) is 18.3 Å². The van der Waals surface area contributed by atoms with Crippen molar-refractivity contribution in [2.75, 3.05) is 19.5 Å². The zero-order chi connectivity index (χ0) is 23.1. The van der Waals surface area contributed by atoms with Gasteiger partial charge in [-0.05, 0) is 38.5 Å². The SMILES string of the molecule is COc1ccc(C2CC(C(F)(F)F)n3nc(C(=O)NC(C)(C)C)c(Cl)c3N2)cc1OC. The van der Waals surface area contributed by atoms with Crippen LogP contribution in [0.2, 0.25) is 5.02 Å². The first-order valence-electron chi connectivity index (χ1n) is 9.51. The van der Waals surface area contributed by atoms with E-state index in [9.17, 15) is 18.0 Å². The van der Waals surface area contributed by atoms with Crippen molar-refractivity contribution >= 4 is 23.3 Å².